The maximum atomic E-state index is 11.3. The first-order valence-electron chi connectivity index (χ1n) is 19.1. The predicted octanol–water partition coefficient (Wildman–Crippen LogP) is 11.9. The van der Waals surface area contributed by atoms with E-state index in [1.54, 1.807) is 13.8 Å². The minimum atomic E-state index is -3.32. The Kier molecular flexibility index (Phi) is 33.8. The first-order chi connectivity index (χ1) is 23.2. The average Bonchev–Trinajstić information content (AvgIpc) is 3.07. The zero-order valence-electron chi connectivity index (χ0n) is 30.8. The highest BCUT2D eigenvalue weighted by Gasteiger charge is 2.44. The largest absolute Gasteiger partial charge is 0.584 e. The third kappa shape index (κ3) is 32.3. The predicted molar refractivity (Wildman–Crippen MR) is 203 cm³/mol. The fraction of sp³-hybridized carbons (Fsp3) is 0.842. The molecule has 0 radical (unpaired) electrons. The number of esters is 2. The van der Waals surface area contributed by atoms with Gasteiger partial charge in [0.2, 0.25) is 0 Å². The van der Waals surface area contributed by atoms with E-state index in [4.69, 9.17) is 22.5 Å². The van der Waals surface area contributed by atoms with Crippen LogP contribution in [0.25, 0.3) is 0 Å². The molecule has 0 aromatic carbocycles. The molecule has 10 heteroatoms. The summed E-state index contributed by atoms with van der Waals surface area (Å²) in [5, 5.41) is 0. The Morgan fingerprint density at radius 3 is 0.875 bits per heavy atom. The van der Waals surface area contributed by atoms with E-state index >= 15 is 0 Å². The van der Waals surface area contributed by atoms with Crippen LogP contribution in [0.5, 0.6) is 0 Å². The van der Waals surface area contributed by atoms with Gasteiger partial charge in [-0.15, -0.1) is 0 Å². The minimum Gasteiger partial charge on any atom is -0.462 e. The highest BCUT2D eigenvalue weighted by molar-refractivity contribution is 7.82. The van der Waals surface area contributed by atoms with E-state index in [2.05, 4.69) is 26.1 Å². The molecule has 0 bridgehead atoms. The average molecular weight is 720 g/mol. The Hall–Kier alpha value is -0.960. The van der Waals surface area contributed by atoms with Crippen molar-refractivity contribution in [1.82, 2.24) is 0 Å². The number of carbonyl (C=O) groups excluding carboxylic acids is 2. The number of ether oxygens (including phenoxy) is 2. The smallest absolute Gasteiger partial charge is 0.462 e. The number of hydrogen-bond donors (Lipinski definition) is 2. The minimum absolute atomic E-state index is 0.283. The summed E-state index contributed by atoms with van der Waals surface area (Å²) >= 11 is 3.80. The summed E-state index contributed by atoms with van der Waals surface area (Å²) in [6, 6.07) is 0. The van der Waals surface area contributed by atoms with Crippen LogP contribution in [0.2, 0.25) is 0 Å². The molecule has 0 aromatic rings. The summed E-state index contributed by atoms with van der Waals surface area (Å²) in [4.78, 5) is 33.1. The summed E-state index contributed by atoms with van der Waals surface area (Å²) < 4.78 is 26.2. The molecule has 0 saturated carbocycles. The van der Waals surface area contributed by atoms with Crippen LogP contribution in [0.3, 0.4) is 0 Å². The molecule has 0 rings (SSSR count). The number of rotatable bonds is 37. The molecule has 0 aliphatic carbocycles. The standard InChI is InChI=1S/C38H71O8PS/c1-35(2)37(39)42-31-27-23-19-15-11-7-5-9-13-17-21-25-29-33-44-47(41,46-48)45-34-30-26-22-18-14-10-6-8-12-16-20-24-28-32-43-38(40)36(3)4/h41H,1,3,5-34H2,2,4H3/p+1. The molecular formula is C38H72O8PS+. The molecule has 0 saturated heterocycles. The zero-order valence-corrected chi connectivity index (χ0v) is 32.6. The van der Waals surface area contributed by atoms with E-state index in [9.17, 15) is 14.5 Å². The van der Waals surface area contributed by atoms with Gasteiger partial charge < -0.3 is 9.47 Å². The van der Waals surface area contributed by atoms with Crippen molar-refractivity contribution in [3.8, 4) is 0 Å². The molecule has 0 atom stereocenters. The second-order valence-corrected chi connectivity index (χ2v) is 15.3. The summed E-state index contributed by atoms with van der Waals surface area (Å²) in [6.45, 7) is 12.4. The lowest BCUT2D eigenvalue weighted by Gasteiger charge is -2.12. The first-order valence-corrected chi connectivity index (χ1v) is 21.0. The first kappa shape index (κ1) is 47.0. The molecule has 0 heterocycles. The second kappa shape index (κ2) is 34.5. The van der Waals surface area contributed by atoms with Crippen LogP contribution in [-0.2, 0) is 32.1 Å². The molecule has 0 amide bonds. The quantitative estimate of drug-likeness (QED) is 0.0163. The molecule has 0 fully saturated rings. The lowest BCUT2D eigenvalue weighted by molar-refractivity contribution is -0.139. The van der Waals surface area contributed by atoms with Gasteiger partial charge in [0, 0.05) is 24.1 Å². The van der Waals surface area contributed by atoms with Gasteiger partial charge >= 0.3 is 20.1 Å². The van der Waals surface area contributed by atoms with Crippen LogP contribution in [0.15, 0.2) is 24.3 Å². The van der Waals surface area contributed by atoms with Crippen LogP contribution in [0.1, 0.15) is 181 Å². The summed E-state index contributed by atoms with van der Waals surface area (Å²) in [7, 11) is -3.32. The molecule has 0 aromatic heterocycles. The van der Waals surface area contributed by atoms with Gasteiger partial charge in [-0.05, 0) is 39.5 Å². The van der Waals surface area contributed by atoms with E-state index in [1.165, 1.54) is 116 Å². The Balaban J connectivity index is 3.42. The van der Waals surface area contributed by atoms with Crippen LogP contribution in [-0.4, -0.2) is 43.3 Å². The van der Waals surface area contributed by atoms with Crippen LogP contribution in [0.4, 0.5) is 0 Å². The van der Waals surface area contributed by atoms with Crippen molar-refractivity contribution in [2.45, 2.75) is 181 Å². The maximum absolute atomic E-state index is 11.3. The Morgan fingerprint density at radius 1 is 0.458 bits per heavy atom. The van der Waals surface area contributed by atoms with Gasteiger partial charge in [0.1, 0.15) is 13.2 Å². The van der Waals surface area contributed by atoms with Crippen LogP contribution >= 0.6 is 21.1 Å². The van der Waals surface area contributed by atoms with Crippen molar-refractivity contribution in [2.75, 3.05) is 26.4 Å². The van der Waals surface area contributed by atoms with Gasteiger partial charge in [-0.1, -0.05) is 158 Å². The van der Waals surface area contributed by atoms with Crippen molar-refractivity contribution in [3.63, 3.8) is 0 Å². The summed E-state index contributed by atoms with van der Waals surface area (Å²) in [5.74, 6) is -0.567. The Bertz CT molecular complexity index is 750. The molecule has 8 nitrogen and oxygen atoms in total. The summed E-state index contributed by atoms with van der Waals surface area (Å²) in [5.41, 5.74) is 0.930. The van der Waals surface area contributed by atoms with Crippen molar-refractivity contribution in [2.24, 2.45) is 0 Å². The van der Waals surface area contributed by atoms with E-state index < -0.39 is 8.17 Å². The van der Waals surface area contributed by atoms with Crippen LogP contribution in [0, 0.1) is 0 Å². The van der Waals surface area contributed by atoms with Crippen LogP contribution < -0.4 is 0 Å². The molecule has 0 unspecified atom stereocenters. The van der Waals surface area contributed by atoms with Gasteiger partial charge in [-0.2, -0.15) is 13.9 Å². The fourth-order valence-corrected chi connectivity index (χ4v) is 6.49. The third-order valence-electron chi connectivity index (χ3n) is 8.35. The van der Waals surface area contributed by atoms with Crippen molar-refractivity contribution < 1.29 is 37.0 Å². The fourth-order valence-electron chi connectivity index (χ4n) is 5.32. The number of unbranched alkanes of at least 4 members (excludes halogenated alkanes) is 24. The SMILES string of the molecule is C=C(C)C(=O)OCCCCCCCCCCCCCCCO[P+](O)(OS)OCCCCCCCCCCCCCCCOC(=O)C(=C)C. The lowest BCUT2D eigenvalue weighted by Crippen LogP contribution is -2.05. The number of carbonyl (C=O) groups is 2. The Morgan fingerprint density at radius 2 is 0.667 bits per heavy atom. The topological polar surface area (TPSA) is 101 Å². The third-order valence-corrected chi connectivity index (χ3v) is 10.2. The molecular weight excluding hydrogens is 647 g/mol. The Labute approximate surface area is 300 Å². The highest BCUT2D eigenvalue weighted by Crippen LogP contribution is 2.59. The van der Waals surface area contributed by atoms with Crippen molar-refractivity contribution in [3.05, 3.63) is 24.3 Å². The van der Waals surface area contributed by atoms with Gasteiger partial charge in [0.15, 0.2) is 0 Å². The molecule has 0 aliphatic heterocycles. The van der Waals surface area contributed by atoms with Crippen molar-refractivity contribution in [1.29, 1.82) is 0 Å². The molecule has 0 spiro atoms. The van der Waals surface area contributed by atoms with Gasteiger partial charge in [-0.25, -0.2) is 9.59 Å². The van der Waals surface area contributed by atoms with E-state index in [-0.39, 0.29) is 11.9 Å². The number of hydrogen-bond acceptors (Lipinski definition) is 9. The maximum Gasteiger partial charge on any atom is 0.584 e. The molecule has 0 aliphatic rings. The lowest BCUT2D eigenvalue weighted by atomic mass is 10.0. The molecule has 1 N–H and O–H groups in total. The molecule has 282 valence electrons. The second-order valence-electron chi connectivity index (χ2n) is 13.2. The zero-order chi connectivity index (χ0) is 35.6. The normalized spacial score (nSPS) is 11.5. The van der Waals surface area contributed by atoms with Gasteiger partial charge in [0.05, 0.1) is 13.2 Å². The molecule has 48 heavy (non-hydrogen) atoms. The van der Waals surface area contributed by atoms with Gasteiger partial charge in [0.25, 0.3) is 0 Å². The van der Waals surface area contributed by atoms with Gasteiger partial charge in [-0.3, -0.25) is 0 Å². The van der Waals surface area contributed by atoms with E-state index in [1.807, 2.05) is 0 Å². The van der Waals surface area contributed by atoms with E-state index in [0.29, 0.717) is 37.6 Å². The van der Waals surface area contributed by atoms with E-state index in [0.717, 1.165) is 51.4 Å². The number of thiol groups is 1. The monoisotopic (exact) mass is 719 g/mol. The van der Waals surface area contributed by atoms with Crippen molar-refractivity contribution >= 4 is 33.0 Å². The highest BCUT2D eigenvalue weighted by atomic mass is 32.1. The summed E-state index contributed by atoms with van der Waals surface area (Å²) in [6.07, 6.45) is 30.7.